The van der Waals surface area contributed by atoms with E-state index in [1.807, 2.05) is 4.90 Å². The standard InChI is InChI=1S/C13H20N4O3.CH2O2/c18-7-13-6-16(4-11(13)5-20-8-13)12(19)2-1-3-17-10-14-9-15-17;2-1-3/h9-11,18H,1-8H2;1H,(H,2,3)/t11-,13-;/m0./s1. The lowest BCUT2D eigenvalue weighted by Crippen LogP contribution is -2.36. The van der Waals surface area contributed by atoms with Crippen LogP contribution in [-0.4, -0.2) is 75.2 Å². The Balaban J connectivity index is 0.000000595. The first-order valence-electron chi connectivity index (χ1n) is 7.52. The predicted molar refractivity (Wildman–Crippen MR) is 78.4 cm³/mol. The molecule has 2 aliphatic heterocycles. The summed E-state index contributed by atoms with van der Waals surface area (Å²) in [7, 11) is 0. The van der Waals surface area contributed by atoms with Gasteiger partial charge in [0.1, 0.15) is 12.7 Å². The van der Waals surface area contributed by atoms with Gasteiger partial charge in [-0.1, -0.05) is 0 Å². The number of carboxylic acid groups (broad SMARTS) is 1. The van der Waals surface area contributed by atoms with E-state index in [-0.39, 0.29) is 30.3 Å². The van der Waals surface area contributed by atoms with Crippen LogP contribution in [0.1, 0.15) is 12.8 Å². The van der Waals surface area contributed by atoms with Crippen molar-refractivity contribution < 1.29 is 24.5 Å². The number of aromatic nitrogens is 3. The number of likely N-dealkylation sites (tertiary alicyclic amines) is 1. The molecule has 1 amide bonds. The van der Waals surface area contributed by atoms with E-state index in [0.29, 0.717) is 39.3 Å². The lowest BCUT2D eigenvalue weighted by Gasteiger charge is -2.24. The minimum absolute atomic E-state index is 0.0976. The molecule has 128 valence electrons. The monoisotopic (exact) mass is 326 g/mol. The number of nitrogens with zero attached hydrogens (tertiary/aromatic N) is 4. The van der Waals surface area contributed by atoms with Gasteiger partial charge in [-0.05, 0) is 6.42 Å². The number of aliphatic hydroxyl groups is 1. The Hall–Kier alpha value is -2.00. The molecule has 0 aromatic carbocycles. The van der Waals surface area contributed by atoms with E-state index in [9.17, 15) is 9.90 Å². The van der Waals surface area contributed by atoms with Crippen molar-refractivity contribution in [2.45, 2.75) is 19.4 Å². The number of hydrogen-bond acceptors (Lipinski definition) is 6. The van der Waals surface area contributed by atoms with Crippen LogP contribution in [-0.2, 0) is 20.9 Å². The Morgan fingerprint density at radius 3 is 2.91 bits per heavy atom. The van der Waals surface area contributed by atoms with Crippen LogP contribution >= 0.6 is 0 Å². The van der Waals surface area contributed by atoms with Crippen LogP contribution in [0.25, 0.3) is 0 Å². The molecule has 0 aliphatic carbocycles. The molecule has 9 heteroatoms. The zero-order valence-corrected chi connectivity index (χ0v) is 12.9. The molecule has 3 rings (SSSR count). The van der Waals surface area contributed by atoms with Gasteiger partial charge < -0.3 is 19.8 Å². The molecule has 3 heterocycles. The smallest absolute Gasteiger partial charge is 0.290 e. The van der Waals surface area contributed by atoms with Crippen molar-refractivity contribution in [3.8, 4) is 0 Å². The molecule has 2 atom stereocenters. The number of carbonyl (C=O) groups excluding carboxylic acids is 1. The van der Waals surface area contributed by atoms with Gasteiger partial charge >= 0.3 is 0 Å². The van der Waals surface area contributed by atoms with Gasteiger partial charge in [-0.2, -0.15) is 5.10 Å². The summed E-state index contributed by atoms with van der Waals surface area (Å²) in [6.07, 6.45) is 4.41. The maximum absolute atomic E-state index is 12.2. The van der Waals surface area contributed by atoms with Gasteiger partial charge in [-0.15, -0.1) is 0 Å². The number of hydrogen-bond donors (Lipinski definition) is 2. The number of ether oxygens (including phenoxy) is 1. The lowest BCUT2D eigenvalue weighted by molar-refractivity contribution is -0.131. The molecular formula is C14H22N4O5. The average molecular weight is 326 g/mol. The second-order valence-electron chi connectivity index (χ2n) is 5.87. The van der Waals surface area contributed by atoms with Crippen molar-refractivity contribution in [1.82, 2.24) is 19.7 Å². The molecule has 2 fully saturated rings. The summed E-state index contributed by atoms with van der Waals surface area (Å²) in [5.74, 6) is 0.444. The molecule has 0 unspecified atom stereocenters. The number of aliphatic hydroxyl groups excluding tert-OH is 1. The molecule has 23 heavy (non-hydrogen) atoms. The maximum atomic E-state index is 12.2. The van der Waals surface area contributed by atoms with E-state index >= 15 is 0 Å². The van der Waals surface area contributed by atoms with Crippen molar-refractivity contribution in [2.75, 3.05) is 32.9 Å². The van der Waals surface area contributed by atoms with Gasteiger partial charge in [0, 0.05) is 37.4 Å². The Kier molecular flexibility index (Phi) is 6.05. The molecular weight excluding hydrogens is 304 g/mol. The van der Waals surface area contributed by atoms with Crippen LogP contribution in [0, 0.1) is 11.3 Å². The summed E-state index contributed by atoms with van der Waals surface area (Å²) in [5, 5.41) is 20.5. The van der Waals surface area contributed by atoms with Gasteiger partial charge in [0.25, 0.3) is 6.47 Å². The molecule has 2 aliphatic rings. The predicted octanol–water partition coefficient (Wildman–Crippen LogP) is -0.774. The van der Waals surface area contributed by atoms with Crippen LogP contribution in [0.3, 0.4) is 0 Å². The zero-order valence-electron chi connectivity index (χ0n) is 12.9. The molecule has 0 radical (unpaired) electrons. The molecule has 1 aromatic heterocycles. The molecule has 1 aromatic rings. The molecule has 0 bridgehead atoms. The fraction of sp³-hybridized carbons (Fsp3) is 0.714. The van der Waals surface area contributed by atoms with E-state index in [1.54, 1.807) is 11.0 Å². The largest absolute Gasteiger partial charge is 0.483 e. The van der Waals surface area contributed by atoms with Gasteiger partial charge in [0.05, 0.1) is 19.8 Å². The summed E-state index contributed by atoms with van der Waals surface area (Å²) in [5.41, 5.74) is -0.221. The minimum atomic E-state index is -0.250. The number of aryl methyl sites for hydroxylation is 1. The Bertz CT molecular complexity index is 509. The van der Waals surface area contributed by atoms with E-state index in [1.165, 1.54) is 6.33 Å². The van der Waals surface area contributed by atoms with Crippen molar-refractivity contribution in [3.05, 3.63) is 12.7 Å². The van der Waals surface area contributed by atoms with Crippen molar-refractivity contribution >= 4 is 12.4 Å². The number of amides is 1. The van der Waals surface area contributed by atoms with Crippen LogP contribution in [0.15, 0.2) is 12.7 Å². The van der Waals surface area contributed by atoms with E-state index in [0.717, 1.165) is 6.42 Å². The lowest BCUT2D eigenvalue weighted by atomic mass is 9.82. The Morgan fingerprint density at radius 2 is 2.30 bits per heavy atom. The van der Waals surface area contributed by atoms with Crippen LogP contribution in [0.4, 0.5) is 0 Å². The maximum Gasteiger partial charge on any atom is 0.290 e. The zero-order chi connectivity index (χ0) is 16.7. The summed E-state index contributed by atoms with van der Waals surface area (Å²) in [6, 6.07) is 0. The highest BCUT2D eigenvalue weighted by molar-refractivity contribution is 5.76. The summed E-state index contributed by atoms with van der Waals surface area (Å²) >= 11 is 0. The third kappa shape index (κ3) is 4.05. The van der Waals surface area contributed by atoms with Crippen LogP contribution in [0.2, 0.25) is 0 Å². The second-order valence-corrected chi connectivity index (χ2v) is 5.87. The van der Waals surface area contributed by atoms with Crippen molar-refractivity contribution in [1.29, 1.82) is 0 Å². The van der Waals surface area contributed by atoms with Gasteiger partial charge in [0.2, 0.25) is 5.91 Å². The first-order valence-corrected chi connectivity index (χ1v) is 7.52. The molecule has 2 saturated heterocycles. The summed E-state index contributed by atoms with van der Waals surface area (Å²) < 4.78 is 7.18. The summed E-state index contributed by atoms with van der Waals surface area (Å²) in [6.45, 7) is 3.11. The first kappa shape index (κ1) is 17.4. The Morgan fingerprint density at radius 1 is 1.52 bits per heavy atom. The topological polar surface area (TPSA) is 118 Å². The van der Waals surface area contributed by atoms with Crippen molar-refractivity contribution in [3.63, 3.8) is 0 Å². The average Bonchev–Trinajstić information content (AvgIpc) is 3.23. The molecule has 0 saturated carbocycles. The minimum Gasteiger partial charge on any atom is -0.483 e. The highest BCUT2D eigenvalue weighted by Crippen LogP contribution is 2.40. The van der Waals surface area contributed by atoms with Crippen molar-refractivity contribution in [2.24, 2.45) is 11.3 Å². The highest BCUT2D eigenvalue weighted by Gasteiger charge is 2.51. The molecule has 9 nitrogen and oxygen atoms in total. The third-order valence-electron chi connectivity index (χ3n) is 4.43. The fourth-order valence-corrected chi connectivity index (χ4v) is 3.14. The van der Waals surface area contributed by atoms with Gasteiger partial charge in [0.15, 0.2) is 0 Å². The normalized spacial score (nSPS) is 25.6. The highest BCUT2D eigenvalue weighted by atomic mass is 16.5. The molecule has 2 N–H and O–H groups in total. The van der Waals surface area contributed by atoms with Gasteiger partial charge in [-0.25, -0.2) is 4.98 Å². The number of fused-ring (bicyclic) bond motifs is 1. The van der Waals surface area contributed by atoms with E-state index in [2.05, 4.69) is 10.1 Å². The van der Waals surface area contributed by atoms with Crippen LogP contribution in [0.5, 0.6) is 0 Å². The number of rotatable bonds is 5. The summed E-state index contributed by atoms with van der Waals surface area (Å²) in [4.78, 5) is 26.3. The molecule has 0 spiro atoms. The van der Waals surface area contributed by atoms with Gasteiger partial charge in [-0.3, -0.25) is 14.3 Å². The van der Waals surface area contributed by atoms with E-state index in [4.69, 9.17) is 14.6 Å². The third-order valence-corrected chi connectivity index (χ3v) is 4.43. The van der Waals surface area contributed by atoms with E-state index < -0.39 is 0 Å². The Labute approximate surface area is 133 Å². The first-order chi connectivity index (χ1) is 11.1. The fourth-order valence-electron chi connectivity index (χ4n) is 3.14. The van der Waals surface area contributed by atoms with Crippen LogP contribution < -0.4 is 0 Å². The number of carbonyl (C=O) groups is 2. The SMILES string of the molecule is O=C(CCCn1cncn1)N1C[C@H]2COC[C@@]2(CO)C1.O=CO. The quantitative estimate of drug-likeness (QED) is 0.682. The second kappa shape index (κ2) is 8.02.